The second-order valence-electron chi connectivity index (χ2n) is 2.21. The molecule has 3 heteroatoms. The summed E-state index contributed by atoms with van der Waals surface area (Å²) in [6, 6.07) is 0. The lowest BCUT2D eigenvalue weighted by Crippen LogP contribution is -2.20. The molecule has 0 heterocycles. The third kappa shape index (κ3) is 2.95. The number of hydrogen-bond donors (Lipinski definition) is 2. The van der Waals surface area contributed by atoms with Crippen molar-refractivity contribution in [3.63, 3.8) is 0 Å². The molecule has 0 bridgehead atoms. The van der Waals surface area contributed by atoms with Crippen molar-refractivity contribution < 1.29 is 5.21 Å². The van der Waals surface area contributed by atoms with Crippen LogP contribution in [-0.2, 0) is 0 Å². The third-order valence-electron chi connectivity index (χ3n) is 1.34. The average molecular weight is 130 g/mol. The largest absolute Gasteiger partial charge is 0.409 e. The minimum atomic E-state index is 0.208. The molecule has 0 fully saturated rings. The fourth-order valence-corrected chi connectivity index (χ4v) is 0.679. The fraction of sp³-hybridized carbons (Fsp3) is 0.833. The van der Waals surface area contributed by atoms with Crippen molar-refractivity contribution in [3.8, 4) is 0 Å². The van der Waals surface area contributed by atoms with E-state index in [0.29, 0.717) is 5.84 Å². The fourth-order valence-electron chi connectivity index (χ4n) is 0.679. The van der Waals surface area contributed by atoms with Crippen LogP contribution in [0, 0.1) is 5.92 Å². The first-order valence-electron chi connectivity index (χ1n) is 3.19. The monoisotopic (exact) mass is 130 g/mol. The van der Waals surface area contributed by atoms with Gasteiger partial charge in [-0.25, -0.2) is 0 Å². The highest BCUT2D eigenvalue weighted by atomic mass is 16.4. The molecule has 0 aromatic rings. The van der Waals surface area contributed by atoms with E-state index in [2.05, 4.69) is 12.1 Å². The molecule has 0 aromatic heterocycles. The van der Waals surface area contributed by atoms with Gasteiger partial charge < -0.3 is 10.9 Å². The first kappa shape index (κ1) is 8.27. The molecule has 0 rings (SSSR count). The van der Waals surface area contributed by atoms with Crippen molar-refractivity contribution in [3.05, 3.63) is 0 Å². The number of hydrogen-bond acceptors (Lipinski definition) is 2. The van der Waals surface area contributed by atoms with E-state index in [1.807, 2.05) is 6.92 Å². The normalized spacial score (nSPS) is 15.6. The van der Waals surface area contributed by atoms with Crippen molar-refractivity contribution in [2.24, 2.45) is 16.8 Å². The van der Waals surface area contributed by atoms with E-state index in [1.165, 1.54) is 0 Å². The Hall–Kier alpha value is -0.730. The lowest BCUT2D eigenvalue weighted by molar-refractivity contribution is 0.314. The lowest BCUT2D eigenvalue weighted by atomic mass is 10.1. The van der Waals surface area contributed by atoms with Crippen LogP contribution >= 0.6 is 0 Å². The second kappa shape index (κ2) is 4.18. The SMILES string of the molecule is CCCC(C)C(N)=NO. The quantitative estimate of drug-likeness (QED) is 0.261. The Kier molecular flexibility index (Phi) is 3.84. The van der Waals surface area contributed by atoms with Gasteiger partial charge in [-0.3, -0.25) is 0 Å². The Labute approximate surface area is 55.5 Å². The van der Waals surface area contributed by atoms with Crippen LogP contribution in [0.5, 0.6) is 0 Å². The minimum Gasteiger partial charge on any atom is -0.409 e. The maximum absolute atomic E-state index is 8.19. The summed E-state index contributed by atoms with van der Waals surface area (Å²) in [6.45, 7) is 4.01. The second-order valence-corrected chi connectivity index (χ2v) is 2.21. The summed E-state index contributed by atoms with van der Waals surface area (Å²) in [5, 5.41) is 11.1. The van der Waals surface area contributed by atoms with E-state index in [4.69, 9.17) is 10.9 Å². The molecule has 3 N–H and O–H groups in total. The van der Waals surface area contributed by atoms with Gasteiger partial charge in [0, 0.05) is 5.92 Å². The van der Waals surface area contributed by atoms with Crippen LogP contribution in [0.4, 0.5) is 0 Å². The first-order valence-corrected chi connectivity index (χ1v) is 3.19. The van der Waals surface area contributed by atoms with Gasteiger partial charge in [0.05, 0.1) is 0 Å². The van der Waals surface area contributed by atoms with Crippen LogP contribution in [0.3, 0.4) is 0 Å². The summed E-state index contributed by atoms with van der Waals surface area (Å²) in [6.07, 6.45) is 2.05. The van der Waals surface area contributed by atoms with Crippen LogP contribution in [-0.4, -0.2) is 11.0 Å². The topological polar surface area (TPSA) is 58.6 Å². The van der Waals surface area contributed by atoms with Crippen LogP contribution in [0.1, 0.15) is 26.7 Å². The highest BCUT2D eigenvalue weighted by Crippen LogP contribution is 2.03. The maximum atomic E-state index is 8.19. The molecule has 1 unspecified atom stereocenters. The third-order valence-corrected chi connectivity index (χ3v) is 1.34. The molecule has 0 amide bonds. The molecule has 1 atom stereocenters. The summed E-state index contributed by atoms with van der Waals surface area (Å²) >= 11 is 0. The molecule has 0 aromatic carbocycles. The molecule has 0 saturated carbocycles. The van der Waals surface area contributed by atoms with E-state index in [1.54, 1.807) is 0 Å². The van der Waals surface area contributed by atoms with Crippen molar-refractivity contribution in [1.82, 2.24) is 0 Å². The molecular weight excluding hydrogens is 116 g/mol. The molecule has 3 nitrogen and oxygen atoms in total. The summed E-state index contributed by atoms with van der Waals surface area (Å²) in [5.74, 6) is 0.539. The molecular formula is C6H14N2O. The maximum Gasteiger partial charge on any atom is 0.141 e. The van der Waals surface area contributed by atoms with Crippen LogP contribution in [0.15, 0.2) is 5.16 Å². The van der Waals surface area contributed by atoms with Gasteiger partial charge in [-0.15, -0.1) is 0 Å². The zero-order chi connectivity index (χ0) is 7.28. The van der Waals surface area contributed by atoms with E-state index in [0.717, 1.165) is 12.8 Å². The summed E-state index contributed by atoms with van der Waals surface area (Å²) < 4.78 is 0. The smallest absolute Gasteiger partial charge is 0.141 e. The molecule has 0 saturated heterocycles. The number of oxime groups is 1. The number of amidine groups is 1. The molecule has 0 aliphatic rings. The minimum absolute atomic E-state index is 0.208. The summed E-state index contributed by atoms with van der Waals surface area (Å²) in [4.78, 5) is 0. The van der Waals surface area contributed by atoms with Gasteiger partial charge in [0.15, 0.2) is 0 Å². The van der Waals surface area contributed by atoms with Crippen LogP contribution in [0.25, 0.3) is 0 Å². The Morgan fingerprint density at radius 1 is 1.78 bits per heavy atom. The van der Waals surface area contributed by atoms with Gasteiger partial charge in [0.25, 0.3) is 0 Å². The van der Waals surface area contributed by atoms with Gasteiger partial charge in [-0.1, -0.05) is 25.4 Å². The average Bonchev–Trinajstić information content (AvgIpc) is 1.87. The Bertz CT molecular complexity index is 101. The predicted molar refractivity (Wildman–Crippen MR) is 37.5 cm³/mol. The summed E-state index contributed by atoms with van der Waals surface area (Å²) in [7, 11) is 0. The molecule has 0 aliphatic heterocycles. The summed E-state index contributed by atoms with van der Waals surface area (Å²) in [5.41, 5.74) is 5.30. The van der Waals surface area contributed by atoms with E-state index >= 15 is 0 Å². The zero-order valence-corrected chi connectivity index (χ0v) is 5.96. The van der Waals surface area contributed by atoms with Gasteiger partial charge in [-0.2, -0.15) is 0 Å². The van der Waals surface area contributed by atoms with Crippen molar-refractivity contribution >= 4 is 5.84 Å². The van der Waals surface area contributed by atoms with Crippen LogP contribution in [0.2, 0.25) is 0 Å². The number of rotatable bonds is 3. The molecule has 54 valence electrons. The predicted octanol–water partition coefficient (Wildman–Crippen LogP) is 1.17. The van der Waals surface area contributed by atoms with Gasteiger partial charge in [0.2, 0.25) is 0 Å². The molecule has 9 heavy (non-hydrogen) atoms. The molecule has 0 spiro atoms. The zero-order valence-electron chi connectivity index (χ0n) is 5.96. The Morgan fingerprint density at radius 2 is 2.33 bits per heavy atom. The molecule has 0 aliphatic carbocycles. The van der Waals surface area contributed by atoms with Gasteiger partial charge in [-0.05, 0) is 6.42 Å². The standard InChI is InChI=1S/C6H14N2O/c1-3-4-5(2)6(7)8-9/h5,9H,3-4H2,1-2H3,(H2,7,8). The van der Waals surface area contributed by atoms with E-state index < -0.39 is 0 Å². The lowest BCUT2D eigenvalue weighted by Gasteiger charge is -2.05. The number of nitrogens with zero attached hydrogens (tertiary/aromatic N) is 1. The Balaban J connectivity index is 3.59. The molecule has 0 radical (unpaired) electrons. The first-order chi connectivity index (χ1) is 4.22. The highest BCUT2D eigenvalue weighted by molar-refractivity contribution is 5.81. The highest BCUT2D eigenvalue weighted by Gasteiger charge is 2.03. The van der Waals surface area contributed by atoms with Crippen LogP contribution < -0.4 is 5.73 Å². The van der Waals surface area contributed by atoms with Gasteiger partial charge in [0.1, 0.15) is 5.84 Å². The van der Waals surface area contributed by atoms with Crippen molar-refractivity contribution in [1.29, 1.82) is 0 Å². The van der Waals surface area contributed by atoms with Crippen molar-refractivity contribution in [2.75, 3.05) is 0 Å². The van der Waals surface area contributed by atoms with Crippen molar-refractivity contribution in [2.45, 2.75) is 26.7 Å². The number of nitrogens with two attached hydrogens (primary N) is 1. The van der Waals surface area contributed by atoms with E-state index in [9.17, 15) is 0 Å². The van der Waals surface area contributed by atoms with Gasteiger partial charge >= 0.3 is 0 Å². The Morgan fingerprint density at radius 3 is 2.67 bits per heavy atom. The van der Waals surface area contributed by atoms with E-state index in [-0.39, 0.29) is 5.92 Å².